The molecule has 7 nitrogen and oxygen atoms in total. The van der Waals surface area contributed by atoms with Crippen LogP contribution in [0.25, 0.3) is 0 Å². The molecule has 0 bridgehead atoms. The molecule has 2 rings (SSSR count). The van der Waals surface area contributed by atoms with Gasteiger partial charge in [0.2, 0.25) is 0 Å². The second-order valence-electron chi connectivity index (χ2n) is 6.19. The van der Waals surface area contributed by atoms with Gasteiger partial charge in [-0.1, -0.05) is 6.92 Å². The molecule has 0 radical (unpaired) electrons. The zero-order valence-corrected chi connectivity index (χ0v) is 15.0. The molecule has 24 heavy (non-hydrogen) atoms. The summed E-state index contributed by atoms with van der Waals surface area (Å²) >= 11 is 0. The van der Waals surface area contributed by atoms with E-state index in [1.807, 2.05) is 13.8 Å². The van der Waals surface area contributed by atoms with Crippen LogP contribution in [0.5, 0.6) is 0 Å². The Balaban J connectivity index is 2.13. The van der Waals surface area contributed by atoms with Crippen molar-refractivity contribution in [3.8, 4) is 0 Å². The van der Waals surface area contributed by atoms with Crippen molar-refractivity contribution >= 4 is 21.7 Å². The van der Waals surface area contributed by atoms with E-state index in [9.17, 15) is 18.0 Å². The molecule has 1 aliphatic heterocycles. The number of pyridine rings is 1. The fourth-order valence-electron chi connectivity index (χ4n) is 2.54. The van der Waals surface area contributed by atoms with E-state index in [0.29, 0.717) is 12.0 Å². The van der Waals surface area contributed by atoms with Crippen molar-refractivity contribution in [3.05, 3.63) is 29.6 Å². The molecule has 0 aliphatic carbocycles. The van der Waals surface area contributed by atoms with Gasteiger partial charge in [-0.2, -0.15) is 0 Å². The van der Waals surface area contributed by atoms with Gasteiger partial charge in [-0.25, -0.2) is 8.42 Å². The predicted molar refractivity (Wildman–Crippen MR) is 90.6 cm³/mol. The number of hydrogen-bond acceptors (Lipinski definition) is 5. The van der Waals surface area contributed by atoms with E-state index in [-0.39, 0.29) is 41.1 Å². The Morgan fingerprint density at radius 3 is 2.75 bits per heavy atom. The SMILES string of the molecule is CCC(C)NC(=O)c1cc(C(=O)N(C)C2CCS(=O)(=O)C2)ccn1. The highest BCUT2D eigenvalue weighted by molar-refractivity contribution is 7.91. The minimum absolute atomic E-state index is 0.0122. The molecule has 1 N–H and O–H groups in total. The summed E-state index contributed by atoms with van der Waals surface area (Å²) in [5, 5.41) is 2.80. The van der Waals surface area contributed by atoms with Gasteiger partial charge in [0.05, 0.1) is 11.5 Å². The second-order valence-corrected chi connectivity index (χ2v) is 8.41. The zero-order chi connectivity index (χ0) is 17.9. The van der Waals surface area contributed by atoms with E-state index >= 15 is 0 Å². The van der Waals surface area contributed by atoms with Gasteiger partial charge in [0.15, 0.2) is 9.84 Å². The lowest BCUT2D eigenvalue weighted by Crippen LogP contribution is -2.38. The summed E-state index contributed by atoms with van der Waals surface area (Å²) in [5.74, 6) is -0.544. The normalized spacial score (nSPS) is 20.4. The predicted octanol–water partition coefficient (Wildman–Crippen LogP) is 0.869. The summed E-state index contributed by atoms with van der Waals surface area (Å²) in [5.41, 5.74) is 0.500. The summed E-state index contributed by atoms with van der Waals surface area (Å²) in [7, 11) is -1.47. The van der Waals surface area contributed by atoms with Gasteiger partial charge in [0.1, 0.15) is 5.69 Å². The third-order valence-corrected chi connectivity index (χ3v) is 6.06. The van der Waals surface area contributed by atoms with E-state index in [4.69, 9.17) is 0 Å². The number of carbonyl (C=O) groups excluding carboxylic acids is 2. The van der Waals surface area contributed by atoms with E-state index in [1.54, 1.807) is 7.05 Å². The molecule has 0 saturated carbocycles. The van der Waals surface area contributed by atoms with Gasteiger partial charge in [-0.15, -0.1) is 0 Å². The van der Waals surface area contributed by atoms with Gasteiger partial charge < -0.3 is 10.2 Å². The van der Waals surface area contributed by atoms with Crippen LogP contribution in [0.4, 0.5) is 0 Å². The van der Waals surface area contributed by atoms with E-state index < -0.39 is 9.84 Å². The number of carbonyl (C=O) groups is 2. The van der Waals surface area contributed by atoms with Gasteiger partial charge in [0.25, 0.3) is 11.8 Å². The smallest absolute Gasteiger partial charge is 0.270 e. The van der Waals surface area contributed by atoms with Gasteiger partial charge >= 0.3 is 0 Å². The Bertz CT molecular complexity index is 733. The molecule has 8 heteroatoms. The first-order valence-electron chi connectivity index (χ1n) is 7.98. The van der Waals surface area contributed by atoms with Crippen molar-refractivity contribution in [1.29, 1.82) is 0 Å². The van der Waals surface area contributed by atoms with Crippen molar-refractivity contribution < 1.29 is 18.0 Å². The number of nitrogens with zero attached hydrogens (tertiary/aromatic N) is 2. The van der Waals surface area contributed by atoms with Gasteiger partial charge in [0, 0.05) is 30.9 Å². The van der Waals surface area contributed by atoms with Crippen molar-refractivity contribution in [2.24, 2.45) is 0 Å². The Labute approximate surface area is 142 Å². The Morgan fingerprint density at radius 1 is 1.46 bits per heavy atom. The minimum atomic E-state index is -3.06. The first kappa shape index (κ1) is 18.4. The third kappa shape index (κ3) is 4.31. The highest BCUT2D eigenvalue weighted by Gasteiger charge is 2.33. The summed E-state index contributed by atoms with van der Waals surface area (Å²) < 4.78 is 23.2. The molecule has 2 heterocycles. The van der Waals surface area contributed by atoms with Crippen LogP contribution in [-0.2, 0) is 9.84 Å². The molecule has 0 aromatic carbocycles. The topological polar surface area (TPSA) is 96.4 Å². The molecule has 1 saturated heterocycles. The lowest BCUT2D eigenvalue weighted by molar-refractivity contribution is 0.0747. The lowest BCUT2D eigenvalue weighted by Gasteiger charge is -2.23. The molecule has 132 valence electrons. The summed E-state index contributed by atoms with van der Waals surface area (Å²) in [6.45, 7) is 3.85. The molecule has 1 aromatic heterocycles. The van der Waals surface area contributed by atoms with Crippen molar-refractivity contribution in [2.75, 3.05) is 18.6 Å². The van der Waals surface area contributed by atoms with E-state index in [1.165, 1.54) is 23.2 Å². The quantitative estimate of drug-likeness (QED) is 0.847. The van der Waals surface area contributed by atoms with Crippen molar-refractivity contribution in [2.45, 2.75) is 38.8 Å². The largest absolute Gasteiger partial charge is 0.348 e. The number of hydrogen-bond donors (Lipinski definition) is 1. The van der Waals surface area contributed by atoms with Crippen LogP contribution >= 0.6 is 0 Å². The monoisotopic (exact) mass is 353 g/mol. The number of amides is 2. The first-order valence-corrected chi connectivity index (χ1v) is 9.80. The first-order chi connectivity index (χ1) is 11.2. The molecular formula is C16H23N3O4S. The van der Waals surface area contributed by atoms with Gasteiger partial charge in [-0.05, 0) is 31.9 Å². The van der Waals surface area contributed by atoms with Crippen LogP contribution < -0.4 is 5.32 Å². The molecule has 2 amide bonds. The maximum atomic E-state index is 12.6. The second kappa shape index (κ2) is 7.29. The molecule has 1 aromatic rings. The van der Waals surface area contributed by atoms with Crippen LogP contribution in [-0.4, -0.2) is 60.8 Å². The van der Waals surface area contributed by atoms with E-state index in [0.717, 1.165) is 6.42 Å². The van der Waals surface area contributed by atoms with Crippen molar-refractivity contribution in [3.63, 3.8) is 0 Å². The Morgan fingerprint density at radius 2 is 2.17 bits per heavy atom. The fraction of sp³-hybridized carbons (Fsp3) is 0.562. The number of rotatable bonds is 5. The number of nitrogens with one attached hydrogen (secondary N) is 1. The maximum absolute atomic E-state index is 12.6. The van der Waals surface area contributed by atoms with Crippen LogP contribution in [0, 0.1) is 0 Å². The molecular weight excluding hydrogens is 330 g/mol. The highest BCUT2D eigenvalue weighted by Crippen LogP contribution is 2.18. The minimum Gasteiger partial charge on any atom is -0.348 e. The summed E-state index contributed by atoms with van der Waals surface area (Å²) in [6, 6.07) is 2.67. The molecule has 2 atom stereocenters. The molecule has 1 aliphatic rings. The zero-order valence-electron chi connectivity index (χ0n) is 14.2. The maximum Gasteiger partial charge on any atom is 0.270 e. The van der Waals surface area contributed by atoms with Gasteiger partial charge in [-0.3, -0.25) is 14.6 Å². The van der Waals surface area contributed by atoms with Crippen LogP contribution in [0.2, 0.25) is 0 Å². The fourth-order valence-corrected chi connectivity index (χ4v) is 4.31. The molecule has 0 spiro atoms. The molecule has 2 unspecified atom stereocenters. The summed E-state index contributed by atoms with van der Waals surface area (Å²) in [6.07, 6.45) is 2.65. The molecule has 1 fully saturated rings. The number of aromatic nitrogens is 1. The standard InChI is InChI=1S/C16H23N3O4S/c1-4-11(2)18-15(20)14-9-12(5-7-17-14)16(21)19(3)13-6-8-24(22,23)10-13/h5,7,9,11,13H,4,6,8,10H2,1-3H3,(H,18,20). The Kier molecular flexibility index (Phi) is 5.58. The third-order valence-electron chi connectivity index (χ3n) is 4.31. The van der Waals surface area contributed by atoms with Crippen LogP contribution in [0.15, 0.2) is 18.3 Å². The van der Waals surface area contributed by atoms with Crippen LogP contribution in [0.1, 0.15) is 47.5 Å². The van der Waals surface area contributed by atoms with Crippen molar-refractivity contribution in [1.82, 2.24) is 15.2 Å². The Hall–Kier alpha value is -1.96. The van der Waals surface area contributed by atoms with Crippen LogP contribution in [0.3, 0.4) is 0 Å². The highest BCUT2D eigenvalue weighted by atomic mass is 32.2. The summed E-state index contributed by atoms with van der Waals surface area (Å²) in [4.78, 5) is 30.1. The lowest BCUT2D eigenvalue weighted by atomic mass is 10.1. The number of sulfone groups is 1. The van der Waals surface area contributed by atoms with E-state index in [2.05, 4.69) is 10.3 Å². The average Bonchev–Trinajstić information content (AvgIpc) is 2.93. The average molecular weight is 353 g/mol.